The molecule has 5 nitrogen and oxygen atoms in total. The van der Waals surface area contributed by atoms with Gasteiger partial charge in [-0.15, -0.1) is 0 Å². The number of para-hydroxylation sites is 1. The molecule has 0 fully saturated rings. The van der Waals surface area contributed by atoms with Gasteiger partial charge in [0.05, 0.1) is 19.7 Å². The average molecular weight is 361 g/mol. The highest BCUT2D eigenvalue weighted by Gasteiger charge is 2.09. The first-order valence-electron chi connectivity index (χ1n) is 8.77. The molecule has 0 aliphatic heterocycles. The number of carbonyl (C=O) groups is 1. The van der Waals surface area contributed by atoms with Crippen LogP contribution in [0, 0.1) is 13.8 Å². The van der Waals surface area contributed by atoms with E-state index in [1.54, 1.807) is 13.3 Å². The van der Waals surface area contributed by atoms with Gasteiger partial charge in [0.1, 0.15) is 5.75 Å². The topological polar surface area (TPSA) is 55.6 Å². The highest BCUT2D eigenvalue weighted by molar-refractivity contribution is 5.84. The molecule has 3 rings (SSSR count). The van der Waals surface area contributed by atoms with E-state index in [1.165, 1.54) is 0 Å². The third kappa shape index (κ3) is 4.44. The minimum atomic E-state index is -0.159. The molecule has 0 saturated carbocycles. The molecule has 0 aliphatic rings. The van der Waals surface area contributed by atoms with Crippen LogP contribution in [0.4, 0.5) is 0 Å². The Balaban J connectivity index is 1.65. The number of carbonyl (C=O) groups excluding carboxylic acids is 1. The van der Waals surface area contributed by atoms with E-state index in [1.807, 2.05) is 49.4 Å². The van der Waals surface area contributed by atoms with Crippen molar-refractivity contribution >= 4 is 12.1 Å². The summed E-state index contributed by atoms with van der Waals surface area (Å²) in [6.45, 7) is 4.10. The number of benzene rings is 2. The second-order valence-corrected chi connectivity index (χ2v) is 6.32. The van der Waals surface area contributed by atoms with Crippen LogP contribution in [0.2, 0.25) is 0 Å². The summed E-state index contributed by atoms with van der Waals surface area (Å²) in [4.78, 5) is 12.1. The van der Waals surface area contributed by atoms with Crippen LogP contribution in [0.5, 0.6) is 5.75 Å². The molecule has 1 aromatic heterocycles. The Labute approximate surface area is 159 Å². The lowest BCUT2D eigenvalue weighted by Gasteiger charge is -2.08. The summed E-state index contributed by atoms with van der Waals surface area (Å²) in [6.07, 6.45) is 1.96. The third-order valence-electron chi connectivity index (χ3n) is 4.40. The van der Waals surface area contributed by atoms with E-state index < -0.39 is 0 Å². The molecule has 0 bridgehead atoms. The molecule has 1 N–H and O–H groups in total. The van der Waals surface area contributed by atoms with E-state index in [4.69, 9.17) is 4.74 Å². The maximum atomic E-state index is 12.1. The molecular weight excluding hydrogens is 338 g/mol. The second-order valence-electron chi connectivity index (χ2n) is 6.32. The smallest absolute Gasteiger partial charge is 0.244 e. The van der Waals surface area contributed by atoms with Crippen LogP contribution in [0.3, 0.4) is 0 Å². The molecule has 0 spiro atoms. The lowest BCUT2D eigenvalue weighted by atomic mass is 10.1. The van der Waals surface area contributed by atoms with E-state index in [0.717, 1.165) is 34.0 Å². The fourth-order valence-electron chi connectivity index (χ4n) is 3.03. The van der Waals surface area contributed by atoms with Crippen LogP contribution >= 0.6 is 0 Å². The van der Waals surface area contributed by atoms with Crippen molar-refractivity contribution < 1.29 is 9.53 Å². The SMILES string of the molecule is COc1ccc(CC(=O)N/N=C\c2cc(C)n(-c3ccccc3)c2C)cc1. The fourth-order valence-corrected chi connectivity index (χ4v) is 3.03. The van der Waals surface area contributed by atoms with Crippen molar-refractivity contribution in [1.82, 2.24) is 9.99 Å². The molecule has 5 heteroatoms. The lowest BCUT2D eigenvalue weighted by molar-refractivity contribution is -0.120. The van der Waals surface area contributed by atoms with E-state index in [-0.39, 0.29) is 12.3 Å². The zero-order valence-corrected chi connectivity index (χ0v) is 15.8. The summed E-state index contributed by atoms with van der Waals surface area (Å²) in [5.41, 5.74) is 7.77. The minimum Gasteiger partial charge on any atom is -0.497 e. The highest BCUT2D eigenvalue weighted by Crippen LogP contribution is 2.19. The van der Waals surface area contributed by atoms with Gasteiger partial charge in [0, 0.05) is 22.6 Å². The maximum Gasteiger partial charge on any atom is 0.244 e. The van der Waals surface area contributed by atoms with Gasteiger partial charge >= 0.3 is 0 Å². The maximum absolute atomic E-state index is 12.1. The normalized spacial score (nSPS) is 10.9. The molecule has 2 aromatic carbocycles. The highest BCUT2D eigenvalue weighted by atomic mass is 16.5. The summed E-state index contributed by atoms with van der Waals surface area (Å²) in [5.74, 6) is 0.610. The first kappa shape index (κ1) is 18.5. The number of ether oxygens (including phenoxy) is 1. The van der Waals surface area contributed by atoms with Crippen LogP contribution in [0.25, 0.3) is 5.69 Å². The van der Waals surface area contributed by atoms with Gasteiger partial charge in [0.2, 0.25) is 5.91 Å². The van der Waals surface area contributed by atoms with E-state index in [2.05, 4.69) is 40.2 Å². The van der Waals surface area contributed by atoms with Crippen LogP contribution in [0.1, 0.15) is 22.5 Å². The number of aryl methyl sites for hydroxylation is 1. The van der Waals surface area contributed by atoms with E-state index in [0.29, 0.717) is 0 Å². The standard InChI is InChI=1S/C22H23N3O2/c1-16-13-19(17(2)25(16)20-7-5-4-6-8-20)15-23-24-22(26)14-18-9-11-21(27-3)12-10-18/h4-13,15H,14H2,1-3H3,(H,24,26)/b23-15-. The van der Waals surface area contributed by atoms with Gasteiger partial charge in [-0.05, 0) is 49.7 Å². The largest absolute Gasteiger partial charge is 0.497 e. The Morgan fingerprint density at radius 1 is 1.11 bits per heavy atom. The van der Waals surface area contributed by atoms with Gasteiger partial charge in [0.25, 0.3) is 0 Å². The van der Waals surface area contributed by atoms with Gasteiger partial charge in [-0.25, -0.2) is 5.43 Å². The molecule has 0 unspecified atom stereocenters. The van der Waals surface area contributed by atoms with E-state index in [9.17, 15) is 4.79 Å². The van der Waals surface area contributed by atoms with Gasteiger partial charge in [-0.1, -0.05) is 30.3 Å². The van der Waals surface area contributed by atoms with Crippen molar-refractivity contribution in [3.05, 3.63) is 83.2 Å². The van der Waals surface area contributed by atoms with Gasteiger partial charge in [-0.2, -0.15) is 5.10 Å². The Morgan fingerprint density at radius 3 is 2.48 bits per heavy atom. The Hall–Kier alpha value is -3.34. The van der Waals surface area contributed by atoms with E-state index >= 15 is 0 Å². The predicted octanol–water partition coefficient (Wildman–Crippen LogP) is 3.80. The lowest BCUT2D eigenvalue weighted by Crippen LogP contribution is -2.19. The molecule has 27 heavy (non-hydrogen) atoms. The fraction of sp³-hybridized carbons (Fsp3) is 0.182. The van der Waals surface area contributed by atoms with Crippen molar-refractivity contribution in [1.29, 1.82) is 0 Å². The predicted molar refractivity (Wildman–Crippen MR) is 108 cm³/mol. The number of nitrogens with zero attached hydrogens (tertiary/aromatic N) is 2. The quantitative estimate of drug-likeness (QED) is 0.536. The Kier molecular flexibility index (Phi) is 5.71. The number of hydrazone groups is 1. The number of methoxy groups -OCH3 is 1. The summed E-state index contributed by atoms with van der Waals surface area (Å²) >= 11 is 0. The monoisotopic (exact) mass is 361 g/mol. The van der Waals surface area contributed by atoms with Crippen LogP contribution in [-0.4, -0.2) is 23.8 Å². The van der Waals surface area contributed by atoms with Crippen LogP contribution in [0.15, 0.2) is 65.8 Å². The van der Waals surface area contributed by atoms with Crippen LogP contribution < -0.4 is 10.2 Å². The third-order valence-corrected chi connectivity index (χ3v) is 4.40. The minimum absolute atomic E-state index is 0.159. The first-order valence-corrected chi connectivity index (χ1v) is 8.77. The number of aromatic nitrogens is 1. The summed E-state index contributed by atoms with van der Waals surface area (Å²) in [7, 11) is 1.62. The molecule has 0 aliphatic carbocycles. The number of hydrogen-bond acceptors (Lipinski definition) is 3. The number of amides is 1. The van der Waals surface area contributed by atoms with Gasteiger partial charge < -0.3 is 9.30 Å². The van der Waals surface area contributed by atoms with Gasteiger partial charge in [-0.3, -0.25) is 4.79 Å². The summed E-state index contributed by atoms with van der Waals surface area (Å²) < 4.78 is 7.28. The number of hydrogen-bond donors (Lipinski definition) is 1. The Morgan fingerprint density at radius 2 is 1.81 bits per heavy atom. The zero-order valence-electron chi connectivity index (χ0n) is 15.8. The van der Waals surface area contributed by atoms with Crippen molar-refractivity contribution in [2.45, 2.75) is 20.3 Å². The number of rotatable bonds is 6. The van der Waals surface area contributed by atoms with Gasteiger partial charge in [0.15, 0.2) is 0 Å². The molecule has 1 heterocycles. The molecule has 0 saturated heterocycles. The van der Waals surface area contributed by atoms with Crippen molar-refractivity contribution in [2.24, 2.45) is 5.10 Å². The van der Waals surface area contributed by atoms with Crippen molar-refractivity contribution in [3.8, 4) is 11.4 Å². The second kappa shape index (κ2) is 8.36. The average Bonchev–Trinajstić information content (AvgIpc) is 2.96. The zero-order chi connectivity index (χ0) is 19.2. The number of nitrogens with one attached hydrogen (secondary N) is 1. The van der Waals surface area contributed by atoms with Crippen LogP contribution in [-0.2, 0) is 11.2 Å². The van der Waals surface area contributed by atoms with Crippen molar-refractivity contribution in [2.75, 3.05) is 7.11 Å². The molecular formula is C22H23N3O2. The van der Waals surface area contributed by atoms with Crippen molar-refractivity contribution in [3.63, 3.8) is 0 Å². The summed E-state index contributed by atoms with van der Waals surface area (Å²) in [6, 6.07) is 19.6. The molecule has 138 valence electrons. The molecule has 0 atom stereocenters. The molecule has 0 radical (unpaired) electrons. The Bertz CT molecular complexity index is 942. The molecule has 1 amide bonds. The summed E-state index contributed by atoms with van der Waals surface area (Å²) in [5, 5.41) is 4.12. The molecule has 3 aromatic rings. The first-order chi connectivity index (χ1) is 13.1.